The van der Waals surface area contributed by atoms with Gasteiger partial charge in [0.05, 0.1) is 6.54 Å². The molecular weight excluding hydrogens is 268 g/mol. The molecule has 1 fully saturated rings. The quantitative estimate of drug-likeness (QED) is 0.493. The van der Waals surface area contributed by atoms with Gasteiger partial charge in [-0.3, -0.25) is 0 Å². The molecule has 1 heterocycles. The van der Waals surface area contributed by atoms with Crippen LogP contribution >= 0.6 is 11.8 Å². The first-order valence-electron chi connectivity index (χ1n) is 6.86. The normalized spacial score (nSPS) is 16.0. The number of anilines is 1. The molecule has 5 heteroatoms. The Hall–Kier alpha value is -1.62. The minimum atomic E-state index is 0.460. The number of thioether (sulfide) groups is 1. The molecule has 0 aromatic heterocycles. The molecule has 20 heavy (non-hydrogen) atoms. The molecule has 0 unspecified atom stereocenters. The molecule has 1 aromatic carbocycles. The van der Waals surface area contributed by atoms with E-state index in [2.05, 4.69) is 46.1 Å². The molecule has 0 atom stereocenters. The van der Waals surface area contributed by atoms with Crippen molar-refractivity contribution in [2.24, 2.45) is 10.7 Å². The van der Waals surface area contributed by atoms with Crippen LogP contribution in [0.25, 0.3) is 0 Å². The monoisotopic (exact) mass is 290 g/mol. The highest BCUT2D eigenvalue weighted by Crippen LogP contribution is 2.20. The highest BCUT2D eigenvalue weighted by molar-refractivity contribution is 7.99. The van der Waals surface area contributed by atoms with Gasteiger partial charge in [-0.15, -0.1) is 6.58 Å². The zero-order valence-electron chi connectivity index (χ0n) is 11.7. The molecule has 1 aliphatic rings. The van der Waals surface area contributed by atoms with E-state index in [-0.39, 0.29) is 0 Å². The van der Waals surface area contributed by atoms with E-state index in [9.17, 15) is 0 Å². The van der Waals surface area contributed by atoms with Gasteiger partial charge in [-0.2, -0.15) is 11.8 Å². The second kappa shape index (κ2) is 7.85. The van der Waals surface area contributed by atoms with Gasteiger partial charge in [0.2, 0.25) is 0 Å². The Morgan fingerprint density at radius 2 is 2.05 bits per heavy atom. The second-order valence-electron chi connectivity index (χ2n) is 4.64. The van der Waals surface area contributed by atoms with Crippen molar-refractivity contribution in [1.82, 2.24) is 5.32 Å². The Labute approximate surface area is 125 Å². The maximum Gasteiger partial charge on any atom is 0.189 e. The SMILES string of the molecule is C=CCNC(N)=NCc1ccc(N2CCSCC2)cc1. The Balaban J connectivity index is 1.89. The maximum atomic E-state index is 5.73. The number of hydrogen-bond donors (Lipinski definition) is 2. The molecule has 0 spiro atoms. The molecule has 108 valence electrons. The van der Waals surface area contributed by atoms with Crippen LogP contribution in [0.1, 0.15) is 5.56 Å². The summed E-state index contributed by atoms with van der Waals surface area (Å²) in [6.07, 6.45) is 1.76. The number of aliphatic imine (C=N–C) groups is 1. The molecule has 0 amide bonds. The summed E-state index contributed by atoms with van der Waals surface area (Å²) >= 11 is 2.03. The van der Waals surface area contributed by atoms with E-state index in [1.54, 1.807) is 6.08 Å². The predicted molar refractivity (Wildman–Crippen MR) is 89.5 cm³/mol. The van der Waals surface area contributed by atoms with E-state index in [4.69, 9.17) is 5.73 Å². The van der Waals surface area contributed by atoms with E-state index in [1.807, 2.05) is 11.8 Å². The fraction of sp³-hybridized carbons (Fsp3) is 0.400. The fourth-order valence-corrected chi connectivity index (χ4v) is 2.95. The van der Waals surface area contributed by atoms with Gasteiger partial charge in [-0.05, 0) is 17.7 Å². The largest absolute Gasteiger partial charge is 0.370 e. The Bertz CT molecular complexity index is 449. The van der Waals surface area contributed by atoms with Gasteiger partial charge >= 0.3 is 0 Å². The predicted octanol–water partition coefficient (Wildman–Crippen LogP) is 1.83. The summed E-state index contributed by atoms with van der Waals surface area (Å²) in [6, 6.07) is 8.60. The van der Waals surface area contributed by atoms with Gasteiger partial charge in [0, 0.05) is 36.8 Å². The molecule has 0 aliphatic carbocycles. The van der Waals surface area contributed by atoms with Crippen molar-refractivity contribution in [2.75, 3.05) is 36.0 Å². The highest BCUT2D eigenvalue weighted by atomic mass is 32.2. The third kappa shape index (κ3) is 4.49. The van der Waals surface area contributed by atoms with E-state index < -0.39 is 0 Å². The van der Waals surface area contributed by atoms with Crippen LogP contribution in [0.4, 0.5) is 5.69 Å². The molecule has 1 aromatic rings. The zero-order chi connectivity index (χ0) is 14.2. The minimum Gasteiger partial charge on any atom is -0.370 e. The first-order chi connectivity index (χ1) is 9.79. The van der Waals surface area contributed by atoms with Crippen LogP contribution in [0.5, 0.6) is 0 Å². The number of guanidine groups is 1. The lowest BCUT2D eigenvalue weighted by Crippen LogP contribution is -2.32. The Kier molecular flexibility index (Phi) is 5.80. The first-order valence-corrected chi connectivity index (χ1v) is 8.01. The van der Waals surface area contributed by atoms with Gasteiger partial charge in [0.15, 0.2) is 5.96 Å². The number of rotatable bonds is 5. The summed E-state index contributed by atoms with van der Waals surface area (Å²) < 4.78 is 0. The topological polar surface area (TPSA) is 53.6 Å². The summed E-state index contributed by atoms with van der Waals surface area (Å²) in [4.78, 5) is 6.73. The van der Waals surface area contributed by atoms with Crippen molar-refractivity contribution in [3.63, 3.8) is 0 Å². The van der Waals surface area contributed by atoms with Crippen LogP contribution in [0, 0.1) is 0 Å². The van der Waals surface area contributed by atoms with Crippen LogP contribution < -0.4 is 16.0 Å². The van der Waals surface area contributed by atoms with Crippen molar-refractivity contribution >= 4 is 23.4 Å². The Morgan fingerprint density at radius 1 is 1.35 bits per heavy atom. The standard InChI is InChI=1S/C15H22N4S/c1-2-7-17-15(16)18-12-13-3-5-14(6-4-13)19-8-10-20-11-9-19/h2-6H,1,7-12H2,(H3,16,17,18). The summed E-state index contributed by atoms with van der Waals surface area (Å²) in [6.45, 7) is 7.15. The van der Waals surface area contributed by atoms with Crippen LogP contribution in [-0.2, 0) is 6.54 Å². The summed E-state index contributed by atoms with van der Waals surface area (Å²) in [5.74, 6) is 2.90. The summed E-state index contributed by atoms with van der Waals surface area (Å²) in [5, 5.41) is 2.96. The van der Waals surface area contributed by atoms with Crippen molar-refractivity contribution in [3.8, 4) is 0 Å². The van der Waals surface area contributed by atoms with Crippen molar-refractivity contribution in [1.29, 1.82) is 0 Å². The highest BCUT2D eigenvalue weighted by Gasteiger charge is 2.10. The van der Waals surface area contributed by atoms with Crippen LogP contribution in [0.3, 0.4) is 0 Å². The molecule has 0 radical (unpaired) electrons. The van der Waals surface area contributed by atoms with Crippen molar-refractivity contribution < 1.29 is 0 Å². The van der Waals surface area contributed by atoms with Crippen LogP contribution in [0.15, 0.2) is 41.9 Å². The van der Waals surface area contributed by atoms with E-state index >= 15 is 0 Å². The third-order valence-electron chi connectivity index (χ3n) is 3.17. The van der Waals surface area contributed by atoms with Gasteiger partial charge < -0.3 is 16.0 Å². The smallest absolute Gasteiger partial charge is 0.189 e. The van der Waals surface area contributed by atoms with Crippen molar-refractivity contribution in [2.45, 2.75) is 6.54 Å². The lowest BCUT2D eigenvalue weighted by Gasteiger charge is -2.28. The molecule has 0 bridgehead atoms. The second-order valence-corrected chi connectivity index (χ2v) is 5.86. The number of nitrogens with one attached hydrogen (secondary N) is 1. The van der Waals surface area contributed by atoms with Crippen LogP contribution in [0.2, 0.25) is 0 Å². The first kappa shape index (κ1) is 14.8. The number of hydrogen-bond acceptors (Lipinski definition) is 3. The van der Waals surface area contributed by atoms with E-state index in [1.165, 1.54) is 22.8 Å². The Morgan fingerprint density at radius 3 is 2.70 bits per heavy atom. The average molecular weight is 290 g/mol. The van der Waals surface area contributed by atoms with Crippen LogP contribution in [-0.4, -0.2) is 37.1 Å². The summed E-state index contributed by atoms with van der Waals surface area (Å²) in [7, 11) is 0. The van der Waals surface area contributed by atoms with E-state index in [0.717, 1.165) is 13.1 Å². The molecule has 3 N–H and O–H groups in total. The lowest BCUT2D eigenvalue weighted by molar-refractivity contribution is 0.858. The van der Waals surface area contributed by atoms with Gasteiger partial charge in [0.25, 0.3) is 0 Å². The van der Waals surface area contributed by atoms with E-state index in [0.29, 0.717) is 19.0 Å². The molecular formula is C15H22N4S. The molecule has 1 saturated heterocycles. The van der Waals surface area contributed by atoms with Crippen molar-refractivity contribution in [3.05, 3.63) is 42.5 Å². The third-order valence-corrected chi connectivity index (χ3v) is 4.11. The van der Waals surface area contributed by atoms with Gasteiger partial charge in [-0.1, -0.05) is 18.2 Å². The average Bonchev–Trinajstić information content (AvgIpc) is 2.52. The van der Waals surface area contributed by atoms with Gasteiger partial charge in [-0.25, -0.2) is 4.99 Å². The molecule has 2 rings (SSSR count). The fourth-order valence-electron chi connectivity index (χ4n) is 2.04. The lowest BCUT2D eigenvalue weighted by atomic mass is 10.2. The number of benzene rings is 1. The summed E-state index contributed by atoms with van der Waals surface area (Å²) in [5.41, 5.74) is 8.21. The molecule has 1 aliphatic heterocycles. The molecule has 0 saturated carbocycles. The maximum absolute atomic E-state index is 5.73. The number of nitrogens with zero attached hydrogens (tertiary/aromatic N) is 2. The molecule has 4 nitrogen and oxygen atoms in total. The number of nitrogens with two attached hydrogens (primary N) is 1. The zero-order valence-corrected chi connectivity index (χ0v) is 12.5. The van der Waals surface area contributed by atoms with Gasteiger partial charge in [0.1, 0.15) is 0 Å². The minimum absolute atomic E-state index is 0.460.